The fourth-order valence-corrected chi connectivity index (χ4v) is 3.79. The molecule has 2 heterocycles. The molecule has 2 atom stereocenters. The summed E-state index contributed by atoms with van der Waals surface area (Å²) < 4.78 is 0. The lowest BCUT2D eigenvalue weighted by Gasteiger charge is -2.38. The zero-order valence-corrected chi connectivity index (χ0v) is 13.9. The van der Waals surface area contributed by atoms with Crippen molar-refractivity contribution in [1.29, 1.82) is 0 Å². The number of benzene rings is 1. The molecule has 1 saturated heterocycles. The highest BCUT2D eigenvalue weighted by atomic mass is 16.2. The highest BCUT2D eigenvalue weighted by Crippen LogP contribution is 2.34. The molecule has 0 spiro atoms. The summed E-state index contributed by atoms with van der Waals surface area (Å²) in [5.74, 6) is -1.02. The Morgan fingerprint density at radius 1 is 1.22 bits per heavy atom. The van der Waals surface area contributed by atoms with E-state index in [9.17, 15) is 9.59 Å². The largest absolute Gasteiger partial charge is 0.361 e. The van der Waals surface area contributed by atoms with Crippen LogP contribution in [-0.4, -0.2) is 41.8 Å². The lowest BCUT2D eigenvalue weighted by molar-refractivity contribution is -0.147. The Bertz CT molecular complexity index is 629. The van der Waals surface area contributed by atoms with E-state index in [1.54, 1.807) is 4.90 Å². The number of fused-ring (bicyclic) bond motifs is 1. The Kier molecular flexibility index (Phi) is 4.39. The van der Waals surface area contributed by atoms with Crippen molar-refractivity contribution in [3.63, 3.8) is 0 Å². The number of hydrogen-bond acceptors (Lipinski definition) is 3. The molecule has 1 fully saturated rings. The maximum Gasteiger partial charge on any atom is 0.312 e. The van der Waals surface area contributed by atoms with Gasteiger partial charge in [-0.05, 0) is 48.9 Å². The molecule has 23 heavy (non-hydrogen) atoms. The Balaban J connectivity index is 1.90. The molecule has 0 aromatic heterocycles. The quantitative estimate of drug-likeness (QED) is 0.798. The molecule has 0 radical (unpaired) electrons. The molecule has 1 aromatic rings. The predicted octanol–water partition coefficient (Wildman–Crippen LogP) is 1.46. The molecule has 124 valence electrons. The molecule has 5 nitrogen and oxygen atoms in total. The molecule has 3 rings (SSSR count). The number of carbonyl (C=O) groups excluding carboxylic acids is 2. The van der Waals surface area contributed by atoms with E-state index >= 15 is 0 Å². The van der Waals surface area contributed by atoms with Gasteiger partial charge in [-0.15, -0.1) is 0 Å². The third-order valence-electron chi connectivity index (χ3n) is 5.11. The van der Waals surface area contributed by atoms with Crippen molar-refractivity contribution < 1.29 is 9.59 Å². The molecule has 5 heteroatoms. The summed E-state index contributed by atoms with van der Waals surface area (Å²) in [6, 6.07) is 6.48. The van der Waals surface area contributed by atoms with Gasteiger partial charge in [0.15, 0.2) is 0 Å². The smallest absolute Gasteiger partial charge is 0.312 e. The zero-order chi connectivity index (χ0) is 16.6. The monoisotopic (exact) mass is 315 g/mol. The van der Waals surface area contributed by atoms with Crippen LogP contribution in [0, 0.1) is 5.92 Å². The number of primary amides is 1. The van der Waals surface area contributed by atoms with E-state index in [0.717, 1.165) is 37.9 Å². The first kappa shape index (κ1) is 16.0. The molecule has 2 aliphatic rings. The molecule has 2 aliphatic heterocycles. The second-order valence-electron chi connectivity index (χ2n) is 7.04. The van der Waals surface area contributed by atoms with Gasteiger partial charge in [0.1, 0.15) is 0 Å². The lowest BCUT2D eigenvalue weighted by Crippen LogP contribution is -2.47. The summed E-state index contributed by atoms with van der Waals surface area (Å²) in [6.45, 7) is 4.73. The zero-order valence-electron chi connectivity index (χ0n) is 13.9. The summed E-state index contributed by atoms with van der Waals surface area (Å²) in [6.07, 6.45) is 3.01. The van der Waals surface area contributed by atoms with Crippen molar-refractivity contribution in [3.8, 4) is 0 Å². The molecular weight excluding hydrogens is 290 g/mol. The molecule has 2 amide bonds. The van der Waals surface area contributed by atoms with Crippen LogP contribution in [0.4, 0.5) is 0 Å². The number of rotatable bonds is 1. The Morgan fingerprint density at radius 3 is 2.74 bits per heavy atom. The van der Waals surface area contributed by atoms with Gasteiger partial charge in [0.25, 0.3) is 0 Å². The Labute approximate surface area is 137 Å². The van der Waals surface area contributed by atoms with Crippen LogP contribution in [0.15, 0.2) is 18.2 Å². The van der Waals surface area contributed by atoms with Crippen molar-refractivity contribution in [1.82, 2.24) is 9.80 Å². The average Bonchev–Trinajstić information content (AvgIpc) is 2.53. The maximum atomic E-state index is 12.2. The standard InChI is InChI=1S/C18H25N3O2/c1-12-3-6-16(21(10-12)18(23)17(19)22)14-5-4-13-7-8-20(2)11-15(13)9-14/h4-5,9,12,16H,3,6-8,10-11H2,1-2H3,(H2,19,22). The van der Waals surface area contributed by atoms with Gasteiger partial charge in [-0.25, -0.2) is 0 Å². The van der Waals surface area contributed by atoms with Crippen LogP contribution in [0.3, 0.4) is 0 Å². The Hall–Kier alpha value is -1.88. The minimum absolute atomic E-state index is 0.0382. The van der Waals surface area contributed by atoms with E-state index in [4.69, 9.17) is 5.73 Å². The van der Waals surface area contributed by atoms with Gasteiger partial charge in [-0.3, -0.25) is 9.59 Å². The number of hydrogen-bond donors (Lipinski definition) is 1. The summed E-state index contributed by atoms with van der Waals surface area (Å²) >= 11 is 0. The van der Waals surface area contributed by atoms with Crippen molar-refractivity contribution >= 4 is 11.8 Å². The van der Waals surface area contributed by atoms with Crippen LogP contribution in [0.5, 0.6) is 0 Å². The van der Waals surface area contributed by atoms with Crippen LogP contribution in [0.25, 0.3) is 0 Å². The van der Waals surface area contributed by atoms with Crippen LogP contribution >= 0.6 is 0 Å². The van der Waals surface area contributed by atoms with E-state index in [1.807, 2.05) is 0 Å². The van der Waals surface area contributed by atoms with E-state index < -0.39 is 11.8 Å². The normalized spacial score (nSPS) is 25.0. The van der Waals surface area contributed by atoms with E-state index in [1.165, 1.54) is 11.1 Å². The number of nitrogens with two attached hydrogens (primary N) is 1. The predicted molar refractivity (Wildman–Crippen MR) is 88.5 cm³/mol. The molecule has 0 aliphatic carbocycles. The average molecular weight is 315 g/mol. The van der Waals surface area contributed by atoms with Gasteiger partial charge in [0, 0.05) is 19.6 Å². The number of nitrogens with zero attached hydrogens (tertiary/aromatic N) is 2. The van der Waals surface area contributed by atoms with E-state index in [-0.39, 0.29) is 6.04 Å². The number of carbonyl (C=O) groups is 2. The van der Waals surface area contributed by atoms with Gasteiger partial charge in [0.05, 0.1) is 6.04 Å². The summed E-state index contributed by atoms with van der Waals surface area (Å²) in [7, 11) is 2.13. The van der Waals surface area contributed by atoms with Crippen LogP contribution in [-0.2, 0) is 22.6 Å². The Morgan fingerprint density at radius 2 is 2.00 bits per heavy atom. The van der Waals surface area contributed by atoms with Gasteiger partial charge < -0.3 is 15.5 Å². The first-order valence-electron chi connectivity index (χ1n) is 8.36. The molecule has 0 saturated carbocycles. The fraction of sp³-hybridized carbons (Fsp3) is 0.556. The van der Waals surface area contributed by atoms with Crippen LogP contribution < -0.4 is 5.73 Å². The van der Waals surface area contributed by atoms with Gasteiger partial charge in [-0.2, -0.15) is 0 Å². The number of amides is 2. The second-order valence-corrected chi connectivity index (χ2v) is 7.04. The first-order valence-corrected chi connectivity index (χ1v) is 8.36. The van der Waals surface area contributed by atoms with Gasteiger partial charge in [0.2, 0.25) is 0 Å². The molecular formula is C18H25N3O2. The highest BCUT2D eigenvalue weighted by Gasteiger charge is 2.33. The lowest BCUT2D eigenvalue weighted by atomic mass is 9.87. The van der Waals surface area contributed by atoms with E-state index in [2.05, 4.69) is 37.1 Å². The van der Waals surface area contributed by atoms with Crippen molar-refractivity contribution in [3.05, 3.63) is 34.9 Å². The van der Waals surface area contributed by atoms with Gasteiger partial charge in [-0.1, -0.05) is 25.1 Å². The third-order valence-corrected chi connectivity index (χ3v) is 5.11. The minimum atomic E-state index is -0.859. The summed E-state index contributed by atoms with van der Waals surface area (Å²) in [5, 5.41) is 0. The molecule has 2 unspecified atom stereocenters. The van der Waals surface area contributed by atoms with Crippen molar-refractivity contribution in [2.24, 2.45) is 11.7 Å². The summed E-state index contributed by atoms with van der Waals surface area (Å²) in [4.78, 5) is 27.6. The second kappa shape index (κ2) is 6.32. The maximum absolute atomic E-state index is 12.2. The number of likely N-dealkylation sites (N-methyl/N-ethyl adjacent to an activating group) is 1. The number of piperidine rings is 1. The topological polar surface area (TPSA) is 66.6 Å². The minimum Gasteiger partial charge on any atom is -0.361 e. The first-order chi connectivity index (χ1) is 11.0. The van der Waals surface area contributed by atoms with Gasteiger partial charge >= 0.3 is 11.8 Å². The molecule has 2 N–H and O–H groups in total. The summed E-state index contributed by atoms with van der Waals surface area (Å²) in [5.41, 5.74) is 9.10. The van der Waals surface area contributed by atoms with E-state index in [0.29, 0.717) is 12.5 Å². The van der Waals surface area contributed by atoms with Crippen LogP contribution in [0.2, 0.25) is 0 Å². The van der Waals surface area contributed by atoms with Crippen molar-refractivity contribution in [2.45, 2.75) is 38.8 Å². The number of likely N-dealkylation sites (tertiary alicyclic amines) is 1. The van der Waals surface area contributed by atoms with Crippen molar-refractivity contribution in [2.75, 3.05) is 20.1 Å². The van der Waals surface area contributed by atoms with Crippen LogP contribution in [0.1, 0.15) is 42.5 Å². The molecule has 0 bridgehead atoms. The fourth-order valence-electron chi connectivity index (χ4n) is 3.79. The SMILES string of the molecule is CC1CCC(c2ccc3c(c2)CN(C)CC3)N(C(=O)C(N)=O)C1. The highest BCUT2D eigenvalue weighted by molar-refractivity contribution is 6.34. The molecule has 1 aromatic carbocycles. The third kappa shape index (κ3) is 3.24.